The molecule has 1 saturated heterocycles. The molecule has 0 N–H and O–H groups in total. The van der Waals surface area contributed by atoms with Gasteiger partial charge in [0.2, 0.25) is 0 Å². The number of likely N-dealkylation sites (tertiary alicyclic amines) is 1. The van der Waals surface area contributed by atoms with E-state index in [4.69, 9.17) is 18.9 Å². The predicted octanol–water partition coefficient (Wildman–Crippen LogP) is 5.54. The Balaban J connectivity index is 1.55. The number of nitrogens with zero attached hydrogens (tertiary/aromatic N) is 2. The molecule has 28 heavy (non-hydrogen) atoms. The van der Waals surface area contributed by atoms with E-state index in [-0.39, 0.29) is 0 Å². The lowest BCUT2D eigenvalue weighted by molar-refractivity contribution is 0.168. The molecule has 2 aromatic heterocycles. The normalized spacial score (nSPS) is 18.0. The van der Waals surface area contributed by atoms with Crippen LogP contribution in [0, 0.1) is 0 Å². The highest BCUT2D eigenvalue weighted by Crippen LogP contribution is 2.36. The third-order valence-electron chi connectivity index (χ3n) is 5.29. The van der Waals surface area contributed by atoms with Crippen LogP contribution in [0.4, 0.5) is 0 Å². The highest BCUT2D eigenvalue weighted by Gasteiger charge is 2.25. The summed E-state index contributed by atoms with van der Waals surface area (Å²) in [4.78, 5) is 7.42. The molecule has 0 bridgehead atoms. The third kappa shape index (κ3) is 4.08. The van der Waals surface area contributed by atoms with Gasteiger partial charge in [-0.15, -0.1) is 11.3 Å². The van der Waals surface area contributed by atoms with Crippen molar-refractivity contribution in [3.05, 3.63) is 53.4 Å². The first kappa shape index (κ1) is 19.0. The van der Waals surface area contributed by atoms with Crippen molar-refractivity contribution in [2.75, 3.05) is 20.8 Å². The first-order valence-corrected chi connectivity index (χ1v) is 10.6. The van der Waals surface area contributed by atoms with Gasteiger partial charge in [0.1, 0.15) is 22.3 Å². The van der Waals surface area contributed by atoms with E-state index in [9.17, 15) is 0 Å². The molecule has 4 rings (SSSR count). The maximum atomic E-state index is 5.74. The summed E-state index contributed by atoms with van der Waals surface area (Å²) in [5.74, 6) is 2.63. The van der Waals surface area contributed by atoms with Crippen LogP contribution in [0.1, 0.15) is 43.2 Å². The van der Waals surface area contributed by atoms with E-state index in [1.165, 1.54) is 19.3 Å². The lowest BCUT2D eigenvalue weighted by Crippen LogP contribution is -2.28. The largest absolute Gasteiger partial charge is 0.497 e. The van der Waals surface area contributed by atoms with Gasteiger partial charge in [-0.25, -0.2) is 4.98 Å². The molecule has 148 valence electrons. The average molecular weight is 399 g/mol. The van der Waals surface area contributed by atoms with Crippen LogP contribution in [-0.2, 0) is 6.54 Å². The third-order valence-corrected chi connectivity index (χ3v) is 6.22. The fourth-order valence-electron chi connectivity index (χ4n) is 3.85. The number of thiazole rings is 1. The molecule has 1 aliphatic heterocycles. The lowest BCUT2D eigenvalue weighted by Gasteiger charge is -2.27. The summed E-state index contributed by atoms with van der Waals surface area (Å²) >= 11 is 1.66. The van der Waals surface area contributed by atoms with E-state index in [2.05, 4.69) is 16.3 Å². The fraction of sp³-hybridized carbons (Fsp3) is 0.409. The average Bonchev–Trinajstić information content (AvgIpc) is 3.37. The Labute approximate surface area is 169 Å². The molecule has 5 nitrogen and oxygen atoms in total. The predicted molar refractivity (Wildman–Crippen MR) is 111 cm³/mol. The summed E-state index contributed by atoms with van der Waals surface area (Å²) in [6, 6.07) is 10.3. The molecular weight excluding hydrogens is 372 g/mol. The second-order valence-electron chi connectivity index (χ2n) is 7.06. The summed E-state index contributed by atoms with van der Waals surface area (Å²) in [6.45, 7) is 1.91. The van der Waals surface area contributed by atoms with Gasteiger partial charge in [-0.3, -0.25) is 4.90 Å². The number of rotatable bonds is 6. The number of hydrogen-bond donors (Lipinski definition) is 0. The SMILES string of the molecule is COc1ccc(-c2nc(CN3CCCCCC3c3ccco3)cs2)c(OC)c1. The first-order valence-electron chi connectivity index (χ1n) is 9.72. The maximum Gasteiger partial charge on any atom is 0.132 e. The van der Waals surface area contributed by atoms with Crippen LogP contribution in [-0.4, -0.2) is 30.6 Å². The second kappa shape index (κ2) is 8.80. The first-order chi connectivity index (χ1) is 13.8. The van der Waals surface area contributed by atoms with Crippen molar-refractivity contribution in [3.8, 4) is 22.1 Å². The summed E-state index contributed by atoms with van der Waals surface area (Å²) < 4.78 is 16.6. The van der Waals surface area contributed by atoms with E-state index >= 15 is 0 Å². The summed E-state index contributed by atoms with van der Waals surface area (Å²) in [5.41, 5.74) is 2.09. The van der Waals surface area contributed by atoms with E-state index in [0.29, 0.717) is 6.04 Å². The van der Waals surface area contributed by atoms with Crippen LogP contribution in [0.15, 0.2) is 46.4 Å². The van der Waals surface area contributed by atoms with Crippen LogP contribution in [0.2, 0.25) is 0 Å². The number of hydrogen-bond acceptors (Lipinski definition) is 6. The molecule has 1 atom stereocenters. The smallest absolute Gasteiger partial charge is 0.132 e. The lowest BCUT2D eigenvalue weighted by atomic mass is 10.1. The summed E-state index contributed by atoms with van der Waals surface area (Å²) in [6.07, 6.45) is 6.65. The molecule has 0 aliphatic carbocycles. The van der Waals surface area contributed by atoms with Gasteiger partial charge in [0.05, 0.1) is 37.8 Å². The molecule has 3 heterocycles. The van der Waals surface area contributed by atoms with Crippen LogP contribution < -0.4 is 9.47 Å². The Kier molecular flexibility index (Phi) is 5.98. The van der Waals surface area contributed by atoms with Crippen LogP contribution in [0.25, 0.3) is 10.6 Å². The zero-order valence-electron chi connectivity index (χ0n) is 16.4. The van der Waals surface area contributed by atoms with E-state index in [1.807, 2.05) is 24.3 Å². The zero-order valence-corrected chi connectivity index (χ0v) is 17.2. The van der Waals surface area contributed by atoms with Crippen molar-refractivity contribution >= 4 is 11.3 Å². The van der Waals surface area contributed by atoms with Gasteiger partial charge >= 0.3 is 0 Å². The topological polar surface area (TPSA) is 47.7 Å². The van der Waals surface area contributed by atoms with Crippen molar-refractivity contribution in [2.24, 2.45) is 0 Å². The van der Waals surface area contributed by atoms with E-state index < -0.39 is 0 Å². The molecule has 1 fully saturated rings. The molecule has 1 aliphatic rings. The molecule has 6 heteroatoms. The van der Waals surface area contributed by atoms with Crippen molar-refractivity contribution in [1.82, 2.24) is 9.88 Å². The van der Waals surface area contributed by atoms with Gasteiger partial charge in [0.15, 0.2) is 0 Å². The van der Waals surface area contributed by atoms with E-state index in [1.54, 1.807) is 31.8 Å². The maximum absolute atomic E-state index is 5.74. The Morgan fingerprint density at radius 1 is 1.18 bits per heavy atom. The van der Waals surface area contributed by atoms with E-state index in [0.717, 1.165) is 53.0 Å². The minimum atomic E-state index is 0.332. The van der Waals surface area contributed by atoms with Gasteiger partial charge in [0.25, 0.3) is 0 Å². The second-order valence-corrected chi connectivity index (χ2v) is 7.92. The van der Waals surface area contributed by atoms with Crippen molar-refractivity contribution in [2.45, 2.75) is 38.3 Å². The van der Waals surface area contributed by atoms with Crippen molar-refractivity contribution < 1.29 is 13.9 Å². The molecule has 0 amide bonds. The molecule has 0 spiro atoms. The molecule has 1 unspecified atom stereocenters. The standard InChI is InChI=1S/C22H26N2O3S/c1-25-17-9-10-18(21(13-17)26-2)22-23-16(15-28-22)14-24-11-5-3-4-7-19(24)20-8-6-12-27-20/h6,8-10,12-13,15,19H,3-5,7,11,14H2,1-2H3. The van der Waals surface area contributed by atoms with Gasteiger partial charge in [0, 0.05) is 18.0 Å². The molecule has 0 saturated carbocycles. The highest BCUT2D eigenvalue weighted by atomic mass is 32.1. The fourth-order valence-corrected chi connectivity index (χ4v) is 4.69. The molecule has 1 aromatic carbocycles. The number of methoxy groups -OCH3 is 2. The monoisotopic (exact) mass is 398 g/mol. The van der Waals surface area contributed by atoms with Crippen molar-refractivity contribution in [1.29, 1.82) is 0 Å². The summed E-state index contributed by atoms with van der Waals surface area (Å²) in [5, 5.41) is 3.13. The Morgan fingerprint density at radius 3 is 2.89 bits per heavy atom. The number of aromatic nitrogens is 1. The van der Waals surface area contributed by atoms with Crippen molar-refractivity contribution in [3.63, 3.8) is 0 Å². The quantitative estimate of drug-likeness (QED) is 0.546. The van der Waals surface area contributed by atoms with Crippen LogP contribution in [0.5, 0.6) is 11.5 Å². The Hall–Kier alpha value is -2.31. The minimum Gasteiger partial charge on any atom is -0.497 e. The molecule has 3 aromatic rings. The summed E-state index contributed by atoms with van der Waals surface area (Å²) in [7, 11) is 3.34. The Bertz CT molecular complexity index is 891. The van der Waals surface area contributed by atoms with Gasteiger partial charge in [-0.2, -0.15) is 0 Å². The van der Waals surface area contributed by atoms with Crippen LogP contribution in [0.3, 0.4) is 0 Å². The minimum absolute atomic E-state index is 0.332. The molecular formula is C22H26N2O3S. The number of ether oxygens (including phenoxy) is 2. The number of benzene rings is 1. The molecule has 0 radical (unpaired) electrons. The zero-order chi connectivity index (χ0) is 19.3. The van der Waals surface area contributed by atoms with Gasteiger partial charge < -0.3 is 13.9 Å². The highest BCUT2D eigenvalue weighted by molar-refractivity contribution is 7.13. The van der Waals surface area contributed by atoms with Crippen LogP contribution >= 0.6 is 11.3 Å². The van der Waals surface area contributed by atoms with Gasteiger partial charge in [-0.1, -0.05) is 12.8 Å². The van der Waals surface area contributed by atoms with Gasteiger partial charge in [-0.05, 0) is 43.7 Å². The Morgan fingerprint density at radius 2 is 2.11 bits per heavy atom. The number of furan rings is 1.